The van der Waals surface area contributed by atoms with Crippen LogP contribution in [-0.2, 0) is 0 Å². The number of nitrogens with two attached hydrogens (primary N) is 1. The van der Waals surface area contributed by atoms with E-state index in [-0.39, 0.29) is 11.4 Å². The van der Waals surface area contributed by atoms with Crippen LogP contribution in [0.1, 0.15) is 22.8 Å². The molecule has 1 amide bonds. The minimum atomic E-state index is -0.774. The van der Waals surface area contributed by atoms with Crippen LogP contribution in [0.3, 0.4) is 0 Å². The summed E-state index contributed by atoms with van der Waals surface area (Å²) in [5, 5.41) is 0. The highest BCUT2D eigenvalue weighted by atomic mass is 19.1. The molecule has 0 fully saturated rings. The van der Waals surface area contributed by atoms with E-state index in [0.29, 0.717) is 6.54 Å². The molecule has 1 heterocycles. The van der Waals surface area contributed by atoms with E-state index in [1.807, 2.05) is 38.1 Å². The number of aryl methyl sites for hydroxylation is 1. The molecule has 20 heavy (non-hydrogen) atoms. The van der Waals surface area contributed by atoms with Gasteiger partial charge in [0.1, 0.15) is 0 Å². The number of rotatable bonds is 3. The molecule has 0 unspecified atom stereocenters. The Hall–Kier alpha value is -2.43. The number of para-hydroxylation sites is 1. The summed E-state index contributed by atoms with van der Waals surface area (Å²) >= 11 is 0. The van der Waals surface area contributed by atoms with Gasteiger partial charge in [-0.15, -0.1) is 0 Å². The third-order valence-electron chi connectivity index (χ3n) is 3.11. The fourth-order valence-electron chi connectivity index (χ4n) is 2.06. The van der Waals surface area contributed by atoms with Crippen molar-refractivity contribution in [2.45, 2.75) is 13.8 Å². The van der Waals surface area contributed by atoms with E-state index >= 15 is 0 Å². The van der Waals surface area contributed by atoms with Gasteiger partial charge in [-0.2, -0.15) is 0 Å². The highest BCUT2D eigenvalue weighted by Gasteiger charge is 2.22. The number of aromatic nitrogens is 1. The number of nitrogen functional groups attached to an aromatic ring is 1. The highest BCUT2D eigenvalue weighted by Crippen LogP contribution is 2.23. The Labute approximate surface area is 117 Å². The second kappa shape index (κ2) is 5.69. The zero-order valence-corrected chi connectivity index (χ0v) is 11.4. The molecule has 0 saturated carbocycles. The summed E-state index contributed by atoms with van der Waals surface area (Å²) in [6.45, 7) is 4.18. The lowest BCUT2D eigenvalue weighted by Gasteiger charge is -2.23. The zero-order valence-electron chi connectivity index (χ0n) is 11.4. The number of amides is 1. The quantitative estimate of drug-likeness (QED) is 0.935. The highest BCUT2D eigenvalue weighted by molar-refractivity contribution is 6.06. The van der Waals surface area contributed by atoms with Crippen molar-refractivity contribution in [3.05, 3.63) is 53.5 Å². The van der Waals surface area contributed by atoms with Crippen molar-refractivity contribution in [1.29, 1.82) is 0 Å². The van der Waals surface area contributed by atoms with Gasteiger partial charge in [0, 0.05) is 18.4 Å². The SMILES string of the molecule is CCN(C(=O)c1ccnc(N)c1F)c1ccccc1C. The lowest BCUT2D eigenvalue weighted by atomic mass is 10.1. The van der Waals surface area contributed by atoms with Gasteiger partial charge in [0.25, 0.3) is 5.91 Å². The lowest BCUT2D eigenvalue weighted by Crippen LogP contribution is -2.32. The van der Waals surface area contributed by atoms with Gasteiger partial charge >= 0.3 is 0 Å². The first-order valence-corrected chi connectivity index (χ1v) is 6.33. The first-order chi connectivity index (χ1) is 9.56. The Bertz CT molecular complexity index is 643. The van der Waals surface area contributed by atoms with E-state index in [0.717, 1.165) is 11.3 Å². The summed E-state index contributed by atoms with van der Waals surface area (Å²) < 4.78 is 13.9. The van der Waals surface area contributed by atoms with Crippen LogP contribution in [0, 0.1) is 12.7 Å². The van der Waals surface area contributed by atoms with E-state index in [4.69, 9.17) is 5.73 Å². The van der Waals surface area contributed by atoms with E-state index in [1.165, 1.54) is 17.2 Å². The van der Waals surface area contributed by atoms with Crippen molar-refractivity contribution in [1.82, 2.24) is 4.98 Å². The molecule has 0 radical (unpaired) electrons. The Morgan fingerprint density at radius 3 is 2.70 bits per heavy atom. The fraction of sp³-hybridized carbons (Fsp3) is 0.200. The van der Waals surface area contributed by atoms with Gasteiger partial charge in [0.05, 0.1) is 5.56 Å². The topological polar surface area (TPSA) is 59.2 Å². The number of pyridine rings is 1. The average molecular weight is 273 g/mol. The third-order valence-corrected chi connectivity index (χ3v) is 3.11. The normalized spacial score (nSPS) is 10.3. The molecule has 1 aromatic heterocycles. The molecular formula is C15H16FN3O. The monoisotopic (exact) mass is 273 g/mol. The molecule has 0 saturated heterocycles. The van der Waals surface area contributed by atoms with E-state index < -0.39 is 11.7 Å². The molecule has 0 spiro atoms. The van der Waals surface area contributed by atoms with E-state index in [1.54, 1.807) is 0 Å². The first kappa shape index (κ1) is 14.0. The van der Waals surface area contributed by atoms with Crippen LogP contribution < -0.4 is 10.6 Å². The fourth-order valence-corrected chi connectivity index (χ4v) is 2.06. The maximum absolute atomic E-state index is 13.9. The molecule has 104 valence electrons. The molecule has 2 aromatic rings. The molecule has 0 atom stereocenters. The molecule has 2 rings (SSSR count). The molecule has 2 N–H and O–H groups in total. The Morgan fingerprint density at radius 1 is 1.35 bits per heavy atom. The van der Waals surface area contributed by atoms with Crippen molar-refractivity contribution < 1.29 is 9.18 Å². The Kier molecular flexibility index (Phi) is 3.98. The number of benzene rings is 1. The van der Waals surface area contributed by atoms with Crippen molar-refractivity contribution in [2.24, 2.45) is 0 Å². The lowest BCUT2D eigenvalue weighted by molar-refractivity contribution is 0.0984. The van der Waals surface area contributed by atoms with Gasteiger partial charge in [-0.05, 0) is 31.5 Å². The summed E-state index contributed by atoms with van der Waals surface area (Å²) in [6, 6.07) is 8.81. The minimum Gasteiger partial charge on any atom is -0.381 e. The number of carbonyl (C=O) groups is 1. The zero-order chi connectivity index (χ0) is 14.7. The van der Waals surface area contributed by atoms with Crippen LogP contribution in [0.5, 0.6) is 0 Å². The van der Waals surface area contributed by atoms with Gasteiger partial charge in [0.2, 0.25) is 0 Å². The molecular weight excluding hydrogens is 257 g/mol. The van der Waals surface area contributed by atoms with Crippen molar-refractivity contribution in [3.63, 3.8) is 0 Å². The number of hydrogen-bond acceptors (Lipinski definition) is 3. The number of hydrogen-bond donors (Lipinski definition) is 1. The number of anilines is 2. The van der Waals surface area contributed by atoms with E-state index in [9.17, 15) is 9.18 Å². The van der Waals surface area contributed by atoms with Crippen LogP contribution in [-0.4, -0.2) is 17.4 Å². The van der Waals surface area contributed by atoms with Gasteiger partial charge < -0.3 is 10.6 Å². The molecule has 0 aliphatic carbocycles. The largest absolute Gasteiger partial charge is 0.381 e. The second-order valence-corrected chi connectivity index (χ2v) is 4.39. The van der Waals surface area contributed by atoms with Crippen molar-refractivity contribution in [3.8, 4) is 0 Å². The van der Waals surface area contributed by atoms with Gasteiger partial charge in [-0.25, -0.2) is 9.37 Å². The van der Waals surface area contributed by atoms with Crippen LogP contribution in [0.4, 0.5) is 15.9 Å². The van der Waals surface area contributed by atoms with Gasteiger partial charge in [-0.1, -0.05) is 18.2 Å². The number of nitrogens with zero attached hydrogens (tertiary/aromatic N) is 2. The van der Waals surface area contributed by atoms with Crippen LogP contribution in [0.15, 0.2) is 36.5 Å². The van der Waals surface area contributed by atoms with Crippen LogP contribution >= 0.6 is 0 Å². The molecule has 4 nitrogen and oxygen atoms in total. The summed E-state index contributed by atoms with van der Waals surface area (Å²) in [4.78, 5) is 17.7. The maximum atomic E-state index is 13.9. The smallest absolute Gasteiger partial charge is 0.261 e. The standard InChI is InChI=1S/C15H16FN3O/c1-3-19(12-7-5-4-6-10(12)2)15(20)11-8-9-18-14(17)13(11)16/h4-9H,3H2,1-2H3,(H2,17,18). The van der Waals surface area contributed by atoms with Crippen LogP contribution in [0.2, 0.25) is 0 Å². The predicted octanol–water partition coefficient (Wildman–Crippen LogP) is 2.78. The molecule has 0 bridgehead atoms. The summed E-state index contributed by atoms with van der Waals surface area (Å²) in [7, 11) is 0. The molecule has 1 aromatic carbocycles. The van der Waals surface area contributed by atoms with E-state index in [2.05, 4.69) is 4.98 Å². The molecule has 0 aliphatic rings. The van der Waals surface area contributed by atoms with Crippen LogP contribution in [0.25, 0.3) is 0 Å². The molecule has 5 heteroatoms. The van der Waals surface area contributed by atoms with Gasteiger partial charge in [-0.3, -0.25) is 4.79 Å². The van der Waals surface area contributed by atoms with Crippen molar-refractivity contribution in [2.75, 3.05) is 17.2 Å². The predicted molar refractivity (Wildman–Crippen MR) is 77.1 cm³/mol. The number of carbonyl (C=O) groups excluding carboxylic acids is 1. The van der Waals surface area contributed by atoms with Crippen molar-refractivity contribution >= 4 is 17.4 Å². The summed E-state index contributed by atoms with van der Waals surface area (Å²) in [6.07, 6.45) is 1.33. The summed E-state index contributed by atoms with van der Waals surface area (Å²) in [5.41, 5.74) is 7.05. The third kappa shape index (κ3) is 2.47. The Balaban J connectivity index is 2.45. The molecule has 0 aliphatic heterocycles. The Morgan fingerprint density at radius 2 is 2.05 bits per heavy atom. The summed E-state index contributed by atoms with van der Waals surface area (Å²) in [5.74, 6) is -1.46. The average Bonchev–Trinajstić information content (AvgIpc) is 2.44. The minimum absolute atomic E-state index is 0.0670. The second-order valence-electron chi connectivity index (χ2n) is 4.39. The first-order valence-electron chi connectivity index (χ1n) is 6.33. The number of halogens is 1. The van der Waals surface area contributed by atoms with Gasteiger partial charge in [0.15, 0.2) is 11.6 Å². The maximum Gasteiger partial charge on any atom is 0.261 e.